The molecule has 3 heteroatoms. The van der Waals surface area contributed by atoms with Gasteiger partial charge in [0.1, 0.15) is 6.67 Å². The molecule has 0 atom stereocenters. The fourth-order valence-corrected chi connectivity index (χ4v) is 1.09. The summed E-state index contributed by atoms with van der Waals surface area (Å²) in [5.74, 6) is 0. The van der Waals surface area contributed by atoms with E-state index >= 15 is 0 Å². The summed E-state index contributed by atoms with van der Waals surface area (Å²) >= 11 is 0. The summed E-state index contributed by atoms with van der Waals surface area (Å²) in [6.07, 6.45) is 0. The van der Waals surface area contributed by atoms with Gasteiger partial charge in [-0.1, -0.05) is 12.1 Å². The van der Waals surface area contributed by atoms with Gasteiger partial charge >= 0.3 is 0 Å². The van der Waals surface area contributed by atoms with E-state index in [0.717, 1.165) is 11.4 Å². The van der Waals surface area contributed by atoms with Crippen molar-refractivity contribution in [2.24, 2.45) is 0 Å². The first-order chi connectivity index (χ1) is 4.88. The van der Waals surface area contributed by atoms with Gasteiger partial charge in [-0.25, -0.2) is 5.06 Å². The summed E-state index contributed by atoms with van der Waals surface area (Å²) in [6.45, 7) is 0.485. The summed E-state index contributed by atoms with van der Waals surface area (Å²) in [4.78, 5) is 0. The molecule has 1 aromatic rings. The molecular formula is C7H8N2O. The van der Waals surface area contributed by atoms with Crippen LogP contribution in [0.4, 0.5) is 11.4 Å². The third-order valence-corrected chi connectivity index (χ3v) is 1.60. The van der Waals surface area contributed by atoms with Gasteiger partial charge in [0.2, 0.25) is 0 Å². The third-order valence-electron chi connectivity index (χ3n) is 1.60. The number of rotatable bonds is 0. The molecule has 0 bridgehead atoms. The summed E-state index contributed by atoms with van der Waals surface area (Å²) in [7, 11) is 0. The maximum atomic E-state index is 9.15. The predicted octanol–water partition coefficient (Wildman–Crippen LogP) is 1.27. The van der Waals surface area contributed by atoms with E-state index in [-0.39, 0.29) is 0 Å². The van der Waals surface area contributed by atoms with E-state index in [2.05, 4.69) is 5.32 Å². The maximum Gasteiger partial charge on any atom is 0.114 e. The number of hydrogen-bond donors (Lipinski definition) is 2. The number of nitrogens with zero attached hydrogens (tertiary/aromatic N) is 1. The molecule has 1 aromatic carbocycles. The van der Waals surface area contributed by atoms with Crippen LogP contribution in [0.3, 0.4) is 0 Å². The van der Waals surface area contributed by atoms with Crippen LogP contribution in [-0.4, -0.2) is 11.9 Å². The summed E-state index contributed by atoms with van der Waals surface area (Å²) < 4.78 is 0. The van der Waals surface area contributed by atoms with Crippen LogP contribution in [-0.2, 0) is 0 Å². The standard InChI is InChI=1S/C7H8N2O/c10-9-5-8-6-3-1-2-4-7(6)9/h1-4,8,10H,5H2. The average Bonchev–Trinajstić information content (AvgIpc) is 2.34. The van der Waals surface area contributed by atoms with E-state index in [4.69, 9.17) is 5.21 Å². The number of benzene rings is 1. The molecule has 3 nitrogen and oxygen atoms in total. The zero-order chi connectivity index (χ0) is 6.97. The molecule has 2 rings (SSSR count). The number of fused-ring (bicyclic) bond motifs is 1. The summed E-state index contributed by atoms with van der Waals surface area (Å²) in [6, 6.07) is 7.64. The van der Waals surface area contributed by atoms with Crippen molar-refractivity contribution in [3.05, 3.63) is 24.3 Å². The van der Waals surface area contributed by atoms with Gasteiger partial charge in [0.25, 0.3) is 0 Å². The lowest BCUT2D eigenvalue weighted by molar-refractivity contribution is 0.268. The third kappa shape index (κ3) is 0.642. The van der Waals surface area contributed by atoms with E-state index in [1.54, 1.807) is 0 Å². The smallest absolute Gasteiger partial charge is 0.114 e. The Morgan fingerprint density at radius 3 is 3.00 bits per heavy atom. The highest BCUT2D eigenvalue weighted by atomic mass is 16.5. The number of nitrogens with one attached hydrogen (secondary N) is 1. The Labute approximate surface area is 58.8 Å². The highest BCUT2D eigenvalue weighted by Crippen LogP contribution is 2.28. The van der Waals surface area contributed by atoms with Crippen LogP contribution in [0.2, 0.25) is 0 Å². The molecule has 0 radical (unpaired) electrons. The lowest BCUT2D eigenvalue weighted by Crippen LogP contribution is -2.16. The largest absolute Gasteiger partial charge is 0.364 e. The quantitative estimate of drug-likeness (QED) is 0.563. The average molecular weight is 136 g/mol. The molecule has 2 N–H and O–H groups in total. The van der Waals surface area contributed by atoms with Crippen molar-refractivity contribution >= 4 is 11.4 Å². The molecule has 0 fully saturated rings. The second-order valence-electron chi connectivity index (χ2n) is 2.25. The van der Waals surface area contributed by atoms with E-state index in [9.17, 15) is 0 Å². The van der Waals surface area contributed by atoms with Gasteiger partial charge in [0, 0.05) is 0 Å². The molecule has 1 heterocycles. The zero-order valence-electron chi connectivity index (χ0n) is 5.41. The maximum absolute atomic E-state index is 9.15. The highest BCUT2D eigenvalue weighted by Gasteiger charge is 2.14. The lowest BCUT2D eigenvalue weighted by atomic mass is 10.3. The van der Waals surface area contributed by atoms with Crippen LogP contribution in [0.1, 0.15) is 0 Å². The monoisotopic (exact) mass is 136 g/mol. The summed E-state index contributed by atoms with van der Waals surface area (Å²) in [5.41, 5.74) is 1.84. The van der Waals surface area contributed by atoms with Crippen molar-refractivity contribution in [3.8, 4) is 0 Å². The Morgan fingerprint density at radius 1 is 1.40 bits per heavy atom. The van der Waals surface area contributed by atoms with Crippen molar-refractivity contribution in [2.45, 2.75) is 0 Å². The second-order valence-corrected chi connectivity index (χ2v) is 2.25. The van der Waals surface area contributed by atoms with Crippen LogP contribution in [0.25, 0.3) is 0 Å². The number of para-hydroxylation sites is 2. The minimum absolute atomic E-state index is 0.485. The van der Waals surface area contributed by atoms with Crippen LogP contribution >= 0.6 is 0 Å². The number of hydrogen-bond acceptors (Lipinski definition) is 3. The van der Waals surface area contributed by atoms with Gasteiger partial charge in [0.15, 0.2) is 0 Å². The van der Waals surface area contributed by atoms with Gasteiger partial charge in [-0.3, -0.25) is 5.21 Å². The normalized spacial score (nSPS) is 14.7. The molecule has 0 aromatic heterocycles. The van der Waals surface area contributed by atoms with Crippen molar-refractivity contribution in [2.75, 3.05) is 17.0 Å². The topological polar surface area (TPSA) is 35.5 Å². The highest BCUT2D eigenvalue weighted by molar-refractivity contribution is 5.72. The van der Waals surface area contributed by atoms with Crippen molar-refractivity contribution in [3.63, 3.8) is 0 Å². The van der Waals surface area contributed by atoms with Gasteiger partial charge in [-0.15, -0.1) is 0 Å². The Bertz CT molecular complexity index is 249. The molecule has 10 heavy (non-hydrogen) atoms. The van der Waals surface area contributed by atoms with Gasteiger partial charge in [-0.05, 0) is 12.1 Å². The molecule has 0 unspecified atom stereocenters. The van der Waals surface area contributed by atoms with Gasteiger partial charge in [-0.2, -0.15) is 0 Å². The lowest BCUT2D eigenvalue weighted by Gasteiger charge is -2.05. The molecule has 1 aliphatic heterocycles. The van der Waals surface area contributed by atoms with E-state index in [1.807, 2.05) is 24.3 Å². The van der Waals surface area contributed by atoms with Crippen LogP contribution in [0.15, 0.2) is 24.3 Å². The number of anilines is 2. The molecule has 0 saturated heterocycles. The van der Waals surface area contributed by atoms with Crippen LogP contribution < -0.4 is 10.4 Å². The van der Waals surface area contributed by atoms with Crippen molar-refractivity contribution in [1.82, 2.24) is 0 Å². The molecule has 1 aliphatic rings. The summed E-state index contributed by atoms with van der Waals surface area (Å²) in [5, 5.41) is 13.4. The molecular weight excluding hydrogens is 128 g/mol. The molecule has 0 aliphatic carbocycles. The minimum atomic E-state index is 0.485. The van der Waals surface area contributed by atoms with Gasteiger partial charge < -0.3 is 5.32 Å². The first-order valence-corrected chi connectivity index (χ1v) is 3.17. The second kappa shape index (κ2) is 1.88. The molecule has 0 spiro atoms. The Morgan fingerprint density at radius 2 is 2.20 bits per heavy atom. The van der Waals surface area contributed by atoms with Gasteiger partial charge in [0.05, 0.1) is 11.4 Å². The first kappa shape index (κ1) is 5.56. The molecule has 0 amide bonds. The van der Waals surface area contributed by atoms with Crippen LogP contribution in [0.5, 0.6) is 0 Å². The van der Waals surface area contributed by atoms with E-state index < -0.39 is 0 Å². The fraction of sp³-hybridized carbons (Fsp3) is 0.143. The fourth-order valence-electron chi connectivity index (χ4n) is 1.09. The Balaban J connectivity index is 2.51. The first-order valence-electron chi connectivity index (χ1n) is 3.17. The molecule has 52 valence electrons. The van der Waals surface area contributed by atoms with Crippen LogP contribution in [0, 0.1) is 0 Å². The zero-order valence-corrected chi connectivity index (χ0v) is 5.41. The number of hydroxylamine groups is 1. The predicted molar refractivity (Wildman–Crippen MR) is 39.2 cm³/mol. The van der Waals surface area contributed by atoms with E-state index in [0.29, 0.717) is 6.67 Å². The minimum Gasteiger partial charge on any atom is -0.364 e. The Hall–Kier alpha value is -1.22. The van der Waals surface area contributed by atoms with Crippen molar-refractivity contribution < 1.29 is 5.21 Å². The van der Waals surface area contributed by atoms with E-state index in [1.165, 1.54) is 5.06 Å². The van der Waals surface area contributed by atoms with Crippen molar-refractivity contribution in [1.29, 1.82) is 0 Å². The molecule has 0 saturated carbocycles. The SMILES string of the molecule is ON1CNc2ccccc21. The Kier molecular flexibility index (Phi) is 1.05.